The number of carbonyl (C=O) groups excluding carboxylic acids is 2. The zero-order valence-electron chi connectivity index (χ0n) is 16.2. The van der Waals surface area contributed by atoms with Crippen molar-refractivity contribution in [3.8, 4) is 0 Å². The number of esters is 1. The minimum absolute atomic E-state index is 0.355. The third-order valence-electron chi connectivity index (χ3n) is 4.14. The number of hydrogen-bond donors (Lipinski definition) is 1. The van der Waals surface area contributed by atoms with E-state index in [-0.39, 0.29) is 6.61 Å². The van der Waals surface area contributed by atoms with Gasteiger partial charge in [-0.15, -0.1) is 11.3 Å². The minimum atomic E-state index is -0.514. The van der Waals surface area contributed by atoms with Gasteiger partial charge in [-0.1, -0.05) is 25.4 Å². The van der Waals surface area contributed by atoms with Gasteiger partial charge in [0.05, 0.1) is 5.69 Å². The Morgan fingerprint density at radius 2 is 2.04 bits per heavy atom. The second-order valence-corrected chi connectivity index (χ2v) is 8.54. The van der Waals surface area contributed by atoms with E-state index < -0.39 is 11.9 Å². The van der Waals surface area contributed by atoms with Crippen LogP contribution in [0.25, 0.3) is 10.2 Å². The predicted molar refractivity (Wildman–Crippen MR) is 112 cm³/mol. The molecule has 2 heterocycles. The first-order valence-electron chi connectivity index (χ1n) is 8.94. The molecule has 1 amide bonds. The van der Waals surface area contributed by atoms with E-state index in [1.54, 1.807) is 24.3 Å². The van der Waals surface area contributed by atoms with Crippen molar-refractivity contribution in [1.29, 1.82) is 0 Å². The quantitative estimate of drug-likeness (QED) is 0.581. The van der Waals surface area contributed by atoms with E-state index in [1.807, 2.05) is 18.5 Å². The van der Waals surface area contributed by atoms with E-state index in [1.165, 1.54) is 11.3 Å². The number of amides is 1. The number of anilines is 1. The minimum Gasteiger partial charge on any atom is -0.451 e. The summed E-state index contributed by atoms with van der Waals surface area (Å²) in [5, 5.41) is 8.79. The third-order valence-corrected chi connectivity index (χ3v) is 5.51. The van der Waals surface area contributed by atoms with Crippen LogP contribution in [0.2, 0.25) is 5.02 Å². The van der Waals surface area contributed by atoms with Crippen LogP contribution in [0.5, 0.6) is 0 Å². The number of aromatic nitrogens is 2. The van der Waals surface area contributed by atoms with Crippen LogP contribution < -0.4 is 5.32 Å². The first-order valence-corrected chi connectivity index (χ1v) is 10.1. The second kappa shape index (κ2) is 8.32. The Labute approximate surface area is 172 Å². The highest BCUT2D eigenvalue weighted by Crippen LogP contribution is 2.29. The monoisotopic (exact) mass is 419 g/mol. The van der Waals surface area contributed by atoms with Gasteiger partial charge in [0.25, 0.3) is 5.91 Å². The fourth-order valence-corrected chi connectivity index (χ4v) is 4.13. The van der Waals surface area contributed by atoms with E-state index in [4.69, 9.17) is 16.3 Å². The zero-order valence-corrected chi connectivity index (χ0v) is 17.8. The highest BCUT2D eigenvalue weighted by molar-refractivity contribution is 7.20. The Bertz CT molecular complexity index is 1040. The van der Waals surface area contributed by atoms with E-state index in [9.17, 15) is 9.59 Å². The highest BCUT2D eigenvalue weighted by atomic mass is 35.5. The number of halogens is 1. The fraction of sp³-hybridized carbons (Fsp3) is 0.350. The Morgan fingerprint density at radius 3 is 2.71 bits per heavy atom. The summed E-state index contributed by atoms with van der Waals surface area (Å²) in [5.41, 5.74) is 2.35. The molecule has 0 saturated carbocycles. The average Bonchev–Trinajstić information content (AvgIpc) is 3.17. The number of nitrogens with one attached hydrogen (secondary N) is 1. The highest BCUT2D eigenvalue weighted by Gasteiger charge is 2.18. The number of rotatable bonds is 6. The van der Waals surface area contributed by atoms with E-state index >= 15 is 0 Å². The van der Waals surface area contributed by atoms with Gasteiger partial charge in [0.1, 0.15) is 9.71 Å². The lowest BCUT2D eigenvalue weighted by Gasteiger charge is -2.09. The summed E-state index contributed by atoms with van der Waals surface area (Å²) in [7, 11) is 0. The van der Waals surface area contributed by atoms with Crippen LogP contribution in [0.15, 0.2) is 24.3 Å². The number of aryl methyl sites for hydroxylation is 2. The smallest absolute Gasteiger partial charge is 0.348 e. The molecule has 0 saturated heterocycles. The second-order valence-electron chi connectivity index (χ2n) is 7.07. The molecule has 0 atom stereocenters. The van der Waals surface area contributed by atoms with Gasteiger partial charge in [0.2, 0.25) is 0 Å². The van der Waals surface area contributed by atoms with Crippen molar-refractivity contribution >= 4 is 50.7 Å². The Balaban J connectivity index is 1.65. The number of benzene rings is 1. The summed E-state index contributed by atoms with van der Waals surface area (Å²) < 4.78 is 7.11. The molecular weight excluding hydrogens is 398 g/mol. The largest absolute Gasteiger partial charge is 0.451 e. The molecule has 0 bridgehead atoms. The van der Waals surface area contributed by atoms with Crippen molar-refractivity contribution < 1.29 is 14.3 Å². The third kappa shape index (κ3) is 4.54. The van der Waals surface area contributed by atoms with Gasteiger partial charge in [0, 0.05) is 22.6 Å². The predicted octanol–water partition coefficient (Wildman–Crippen LogP) is 4.82. The number of ether oxygens (including phenoxy) is 1. The normalized spacial score (nSPS) is 11.2. The van der Waals surface area contributed by atoms with E-state index in [2.05, 4.69) is 24.3 Å². The first-order chi connectivity index (χ1) is 13.2. The van der Waals surface area contributed by atoms with Crippen LogP contribution >= 0.6 is 22.9 Å². The Kier molecular flexibility index (Phi) is 6.05. The summed E-state index contributed by atoms with van der Waals surface area (Å²) >= 11 is 7.25. The maximum Gasteiger partial charge on any atom is 0.348 e. The molecule has 0 aliphatic rings. The number of hydrogen-bond acceptors (Lipinski definition) is 5. The van der Waals surface area contributed by atoms with E-state index in [0.29, 0.717) is 21.5 Å². The van der Waals surface area contributed by atoms with Crippen molar-refractivity contribution in [3.63, 3.8) is 0 Å². The van der Waals surface area contributed by atoms with Crippen molar-refractivity contribution in [1.82, 2.24) is 9.78 Å². The molecule has 0 aliphatic carbocycles. The fourth-order valence-electron chi connectivity index (χ4n) is 2.84. The lowest BCUT2D eigenvalue weighted by Crippen LogP contribution is -2.21. The summed E-state index contributed by atoms with van der Waals surface area (Å²) in [4.78, 5) is 25.9. The van der Waals surface area contributed by atoms with Gasteiger partial charge in [-0.25, -0.2) is 4.79 Å². The van der Waals surface area contributed by atoms with Crippen molar-refractivity contribution in [3.05, 3.63) is 45.4 Å². The zero-order chi connectivity index (χ0) is 20.4. The summed E-state index contributed by atoms with van der Waals surface area (Å²) in [5.74, 6) is -0.471. The van der Waals surface area contributed by atoms with Gasteiger partial charge < -0.3 is 10.1 Å². The Morgan fingerprint density at radius 1 is 1.29 bits per heavy atom. The topological polar surface area (TPSA) is 73.2 Å². The summed E-state index contributed by atoms with van der Waals surface area (Å²) in [6.45, 7) is 8.42. The van der Waals surface area contributed by atoms with Crippen LogP contribution in [-0.2, 0) is 16.1 Å². The van der Waals surface area contributed by atoms with Crippen LogP contribution in [0, 0.1) is 19.8 Å². The molecule has 0 aliphatic heterocycles. The molecule has 28 heavy (non-hydrogen) atoms. The van der Waals surface area contributed by atoms with Crippen molar-refractivity contribution in [2.45, 2.75) is 34.2 Å². The molecule has 6 nitrogen and oxygen atoms in total. The molecule has 0 spiro atoms. The summed E-state index contributed by atoms with van der Waals surface area (Å²) in [6, 6.07) is 6.94. The molecule has 1 N–H and O–H groups in total. The van der Waals surface area contributed by atoms with Gasteiger partial charge in [-0.2, -0.15) is 5.10 Å². The lowest BCUT2D eigenvalue weighted by molar-refractivity contribution is -0.119. The molecule has 2 aromatic heterocycles. The number of carbonyl (C=O) groups is 2. The molecule has 0 radical (unpaired) electrons. The SMILES string of the molecule is Cc1cc(Cl)ccc1NC(=O)COC(=O)c1cc2c(C)nn(CC(C)C)c2s1. The molecule has 0 unspecified atom stereocenters. The van der Waals surface area contributed by atoms with E-state index in [0.717, 1.165) is 28.0 Å². The van der Waals surface area contributed by atoms with Crippen LogP contribution in [0.3, 0.4) is 0 Å². The number of fused-ring (bicyclic) bond motifs is 1. The summed E-state index contributed by atoms with van der Waals surface area (Å²) in [6.07, 6.45) is 0. The Hall–Kier alpha value is -2.38. The molecular formula is C20H22ClN3O3S. The maximum atomic E-state index is 12.4. The number of thiophene rings is 1. The molecule has 3 rings (SSSR count). The first kappa shape index (κ1) is 20.4. The molecule has 8 heteroatoms. The van der Waals surface area contributed by atoms with Gasteiger partial charge in [-0.05, 0) is 49.6 Å². The van der Waals surface area contributed by atoms with Crippen LogP contribution in [0.4, 0.5) is 5.69 Å². The number of nitrogens with zero attached hydrogens (tertiary/aromatic N) is 2. The molecule has 1 aromatic carbocycles. The molecule has 148 valence electrons. The van der Waals surface area contributed by atoms with Gasteiger partial charge in [-0.3, -0.25) is 9.48 Å². The van der Waals surface area contributed by atoms with Gasteiger partial charge in [0.15, 0.2) is 6.61 Å². The van der Waals surface area contributed by atoms with Crippen LogP contribution in [0.1, 0.15) is 34.8 Å². The lowest BCUT2D eigenvalue weighted by atomic mass is 10.2. The molecule has 3 aromatic rings. The van der Waals surface area contributed by atoms with Crippen molar-refractivity contribution in [2.75, 3.05) is 11.9 Å². The standard InChI is InChI=1S/C20H22ClN3O3S/c1-11(2)9-24-19-15(13(4)23-24)8-17(28-19)20(26)27-10-18(25)22-16-6-5-14(21)7-12(16)3/h5-8,11H,9-10H2,1-4H3,(H,22,25). The van der Waals surface area contributed by atoms with Crippen molar-refractivity contribution in [2.24, 2.45) is 5.92 Å². The average molecular weight is 420 g/mol. The van der Waals surface area contributed by atoms with Crippen LogP contribution in [-0.4, -0.2) is 28.3 Å². The molecule has 0 fully saturated rings. The maximum absolute atomic E-state index is 12.4. The van der Waals surface area contributed by atoms with Gasteiger partial charge >= 0.3 is 5.97 Å².